The van der Waals surface area contributed by atoms with E-state index < -0.39 is 0 Å². The topological polar surface area (TPSA) is 59.0 Å². The summed E-state index contributed by atoms with van der Waals surface area (Å²) in [6.07, 6.45) is 1.21. The van der Waals surface area contributed by atoms with Crippen molar-refractivity contribution in [1.82, 2.24) is 14.9 Å². The maximum Gasteiger partial charge on any atom is 0.326 e. The van der Waals surface area contributed by atoms with Crippen LogP contribution in [0.15, 0.2) is 23.0 Å². The minimum atomic E-state index is -0.111. The summed E-state index contributed by atoms with van der Waals surface area (Å²) in [5, 5.41) is 3.26. The lowest BCUT2D eigenvalue weighted by Gasteiger charge is -2.12. The van der Waals surface area contributed by atoms with Gasteiger partial charge in [-0.15, -0.1) is 0 Å². The summed E-state index contributed by atoms with van der Waals surface area (Å²) in [5.41, 5.74) is 1.55. The van der Waals surface area contributed by atoms with Gasteiger partial charge in [0.05, 0.1) is 5.52 Å². The molecule has 0 spiro atoms. The normalized spacial score (nSPS) is 19.9. The van der Waals surface area contributed by atoms with Crippen LogP contribution in [0, 0.1) is 0 Å². The fourth-order valence-electron chi connectivity index (χ4n) is 2.23. The van der Waals surface area contributed by atoms with Crippen molar-refractivity contribution >= 4 is 11.0 Å². The number of aryl methyl sites for hydroxylation is 1. The molecule has 1 fully saturated rings. The van der Waals surface area contributed by atoms with Gasteiger partial charge in [0.15, 0.2) is 0 Å². The van der Waals surface area contributed by atoms with Crippen molar-refractivity contribution in [2.24, 2.45) is 7.05 Å². The zero-order valence-corrected chi connectivity index (χ0v) is 9.69. The molecule has 1 unspecified atom stereocenters. The zero-order chi connectivity index (χ0) is 11.8. The molecular weight excluding hydrogens is 218 g/mol. The fourth-order valence-corrected chi connectivity index (χ4v) is 2.23. The maximum atomic E-state index is 11.6. The summed E-state index contributed by atoms with van der Waals surface area (Å²) in [4.78, 5) is 14.4. The molecule has 1 atom stereocenters. The minimum Gasteiger partial charge on any atom is -0.487 e. The van der Waals surface area contributed by atoms with Gasteiger partial charge in [-0.25, -0.2) is 4.79 Å². The Bertz CT molecular complexity index is 593. The lowest BCUT2D eigenvalue weighted by molar-refractivity contribution is 0.225. The number of aromatic amines is 1. The van der Waals surface area contributed by atoms with Gasteiger partial charge in [-0.3, -0.25) is 4.57 Å². The van der Waals surface area contributed by atoms with Gasteiger partial charge in [0, 0.05) is 13.6 Å². The van der Waals surface area contributed by atoms with Crippen LogP contribution in [0.1, 0.15) is 6.42 Å². The molecule has 1 aliphatic heterocycles. The average Bonchev–Trinajstić information content (AvgIpc) is 2.91. The average molecular weight is 233 g/mol. The van der Waals surface area contributed by atoms with Crippen molar-refractivity contribution in [2.45, 2.75) is 12.5 Å². The van der Waals surface area contributed by atoms with E-state index in [0.717, 1.165) is 36.3 Å². The summed E-state index contributed by atoms with van der Waals surface area (Å²) in [5.74, 6) is 0.758. The van der Waals surface area contributed by atoms with Crippen molar-refractivity contribution in [2.75, 3.05) is 13.1 Å². The molecule has 5 nitrogen and oxygen atoms in total. The number of hydrogen-bond acceptors (Lipinski definition) is 3. The van der Waals surface area contributed by atoms with Gasteiger partial charge in [-0.05, 0) is 25.1 Å². The number of benzene rings is 1. The van der Waals surface area contributed by atoms with Crippen LogP contribution in [-0.2, 0) is 7.05 Å². The van der Waals surface area contributed by atoms with E-state index in [1.54, 1.807) is 11.6 Å². The Balaban J connectivity index is 2.03. The molecule has 1 aromatic carbocycles. The van der Waals surface area contributed by atoms with Gasteiger partial charge < -0.3 is 15.0 Å². The Morgan fingerprint density at radius 3 is 3.12 bits per heavy atom. The standard InChI is InChI=1S/C12H15N3O2/c1-15-9-3-2-4-10(11(9)14-12(15)16)17-8-5-6-13-7-8/h2-4,8,13H,5-7H2,1H3,(H,14,16). The largest absolute Gasteiger partial charge is 0.487 e. The molecule has 0 aliphatic carbocycles. The summed E-state index contributed by atoms with van der Waals surface area (Å²) in [6, 6.07) is 5.72. The van der Waals surface area contributed by atoms with Crippen molar-refractivity contribution in [3.63, 3.8) is 0 Å². The third-order valence-electron chi connectivity index (χ3n) is 3.21. The first-order chi connectivity index (χ1) is 8.25. The molecule has 2 N–H and O–H groups in total. The number of para-hydroxylation sites is 1. The quantitative estimate of drug-likeness (QED) is 0.799. The third-order valence-corrected chi connectivity index (χ3v) is 3.21. The number of nitrogens with zero attached hydrogens (tertiary/aromatic N) is 1. The summed E-state index contributed by atoms with van der Waals surface area (Å²) in [7, 11) is 1.75. The highest BCUT2D eigenvalue weighted by Gasteiger charge is 2.18. The number of rotatable bonds is 2. The predicted molar refractivity (Wildman–Crippen MR) is 65.4 cm³/mol. The first-order valence-corrected chi connectivity index (χ1v) is 5.81. The molecule has 0 saturated carbocycles. The first kappa shape index (κ1) is 10.4. The van der Waals surface area contributed by atoms with Gasteiger partial charge in [0.1, 0.15) is 17.4 Å². The first-order valence-electron chi connectivity index (χ1n) is 5.81. The van der Waals surface area contributed by atoms with Crippen LogP contribution in [0.5, 0.6) is 5.75 Å². The number of imidazole rings is 1. The molecule has 0 amide bonds. The molecule has 90 valence electrons. The van der Waals surface area contributed by atoms with Gasteiger partial charge in [-0.1, -0.05) is 6.07 Å². The molecule has 17 heavy (non-hydrogen) atoms. The van der Waals surface area contributed by atoms with Crippen LogP contribution in [-0.4, -0.2) is 28.7 Å². The van der Waals surface area contributed by atoms with E-state index >= 15 is 0 Å². The van der Waals surface area contributed by atoms with E-state index in [-0.39, 0.29) is 11.8 Å². The second-order valence-electron chi connectivity index (χ2n) is 4.37. The lowest BCUT2D eigenvalue weighted by atomic mass is 10.2. The smallest absolute Gasteiger partial charge is 0.326 e. The molecule has 0 radical (unpaired) electrons. The lowest BCUT2D eigenvalue weighted by Crippen LogP contribution is -2.19. The second kappa shape index (κ2) is 3.92. The van der Waals surface area contributed by atoms with Gasteiger partial charge >= 0.3 is 5.69 Å². The molecule has 5 heteroatoms. The molecule has 2 aromatic rings. The Labute approximate surface area is 98.4 Å². The molecule has 1 aliphatic rings. The van der Waals surface area contributed by atoms with Gasteiger partial charge in [-0.2, -0.15) is 0 Å². The summed E-state index contributed by atoms with van der Waals surface area (Å²) < 4.78 is 7.50. The van der Waals surface area contributed by atoms with Crippen molar-refractivity contribution < 1.29 is 4.74 Å². The van der Waals surface area contributed by atoms with E-state index in [2.05, 4.69) is 10.3 Å². The molecule has 1 saturated heterocycles. The van der Waals surface area contributed by atoms with Crippen molar-refractivity contribution in [3.05, 3.63) is 28.7 Å². The fraction of sp³-hybridized carbons (Fsp3) is 0.417. The highest BCUT2D eigenvalue weighted by Crippen LogP contribution is 2.24. The van der Waals surface area contributed by atoms with Crippen LogP contribution < -0.4 is 15.7 Å². The summed E-state index contributed by atoms with van der Waals surface area (Å²) >= 11 is 0. The number of hydrogen-bond donors (Lipinski definition) is 2. The molecular formula is C12H15N3O2. The number of ether oxygens (including phenoxy) is 1. The monoisotopic (exact) mass is 233 g/mol. The van der Waals surface area contributed by atoms with Crippen LogP contribution in [0.25, 0.3) is 11.0 Å². The molecule has 1 aromatic heterocycles. The third kappa shape index (κ3) is 1.72. The Kier molecular flexibility index (Phi) is 2.40. The van der Waals surface area contributed by atoms with E-state index in [1.165, 1.54) is 0 Å². The van der Waals surface area contributed by atoms with Crippen molar-refractivity contribution in [1.29, 1.82) is 0 Å². The number of aromatic nitrogens is 2. The van der Waals surface area contributed by atoms with Gasteiger partial charge in [0.2, 0.25) is 0 Å². The highest BCUT2D eigenvalue weighted by atomic mass is 16.5. The maximum absolute atomic E-state index is 11.6. The Hall–Kier alpha value is -1.75. The SMILES string of the molecule is Cn1c(=O)[nH]c2c(OC3CCNC3)cccc21. The Morgan fingerprint density at radius 1 is 1.47 bits per heavy atom. The number of fused-ring (bicyclic) bond motifs is 1. The predicted octanol–water partition coefficient (Wildman–Crippen LogP) is 0.607. The zero-order valence-electron chi connectivity index (χ0n) is 9.69. The minimum absolute atomic E-state index is 0.111. The molecule has 3 rings (SSSR count). The van der Waals surface area contributed by atoms with Crippen molar-refractivity contribution in [3.8, 4) is 5.75 Å². The van der Waals surface area contributed by atoms with Crippen LogP contribution in [0.4, 0.5) is 0 Å². The van der Waals surface area contributed by atoms with E-state index in [4.69, 9.17) is 4.74 Å². The van der Waals surface area contributed by atoms with E-state index in [0.29, 0.717) is 0 Å². The number of nitrogens with one attached hydrogen (secondary N) is 2. The van der Waals surface area contributed by atoms with Gasteiger partial charge in [0.25, 0.3) is 0 Å². The number of H-pyrrole nitrogens is 1. The van der Waals surface area contributed by atoms with Crippen LogP contribution >= 0.6 is 0 Å². The Morgan fingerprint density at radius 2 is 2.35 bits per heavy atom. The summed E-state index contributed by atoms with van der Waals surface area (Å²) in [6.45, 7) is 1.86. The second-order valence-corrected chi connectivity index (χ2v) is 4.37. The van der Waals surface area contributed by atoms with Crippen LogP contribution in [0.3, 0.4) is 0 Å². The van der Waals surface area contributed by atoms with Crippen LogP contribution in [0.2, 0.25) is 0 Å². The van der Waals surface area contributed by atoms with E-state index in [9.17, 15) is 4.79 Å². The van der Waals surface area contributed by atoms with E-state index in [1.807, 2.05) is 18.2 Å². The highest BCUT2D eigenvalue weighted by molar-refractivity contribution is 5.81. The molecule has 0 bridgehead atoms. The molecule has 2 heterocycles.